The van der Waals surface area contributed by atoms with E-state index in [1.165, 1.54) is 4.90 Å². The number of amides is 1. The van der Waals surface area contributed by atoms with Gasteiger partial charge >= 0.3 is 0 Å². The number of fused-ring (bicyclic) bond motifs is 1. The minimum atomic E-state index is -0.692. The molecule has 0 radical (unpaired) electrons. The van der Waals surface area contributed by atoms with Crippen LogP contribution < -0.4 is 14.4 Å². The van der Waals surface area contributed by atoms with Gasteiger partial charge in [-0.1, -0.05) is 12.1 Å². The lowest BCUT2D eigenvalue weighted by atomic mass is 9.95. The Balaban J connectivity index is 1.81. The van der Waals surface area contributed by atoms with Crippen LogP contribution in [0.3, 0.4) is 0 Å². The Morgan fingerprint density at radius 1 is 1.00 bits per heavy atom. The molecule has 0 spiro atoms. The number of ketones is 1. The fourth-order valence-electron chi connectivity index (χ4n) is 4.07. The first kappa shape index (κ1) is 22.7. The van der Waals surface area contributed by atoms with Crippen LogP contribution in [0.1, 0.15) is 17.2 Å². The molecule has 2 aromatic rings. The van der Waals surface area contributed by atoms with E-state index in [0.29, 0.717) is 43.4 Å². The molecule has 0 saturated carbocycles. The molecule has 2 aliphatic rings. The van der Waals surface area contributed by atoms with E-state index in [4.69, 9.17) is 9.47 Å². The summed E-state index contributed by atoms with van der Waals surface area (Å²) < 4.78 is 11.2. The van der Waals surface area contributed by atoms with E-state index in [2.05, 4.69) is 0 Å². The predicted octanol–water partition coefficient (Wildman–Crippen LogP) is 2.51. The highest BCUT2D eigenvalue weighted by atomic mass is 16.6. The zero-order chi connectivity index (χ0) is 23.7. The van der Waals surface area contributed by atoms with E-state index in [1.807, 2.05) is 62.3 Å². The molecule has 2 heterocycles. The molecule has 0 unspecified atom stereocenters. The number of likely N-dealkylation sites (N-methyl/N-ethyl adjacent to an activating group) is 1. The third kappa shape index (κ3) is 4.39. The van der Waals surface area contributed by atoms with Gasteiger partial charge in [-0.2, -0.15) is 0 Å². The topological polar surface area (TPSA) is 82.6 Å². The Hall–Kier alpha value is -3.52. The van der Waals surface area contributed by atoms with Crippen molar-refractivity contribution in [2.45, 2.75) is 6.04 Å². The zero-order valence-electron chi connectivity index (χ0n) is 19.4. The van der Waals surface area contributed by atoms with Gasteiger partial charge in [0.15, 0.2) is 11.5 Å². The summed E-state index contributed by atoms with van der Waals surface area (Å²) in [7, 11) is 7.71. The Morgan fingerprint density at radius 2 is 1.67 bits per heavy atom. The third-order valence-electron chi connectivity index (χ3n) is 5.87. The number of carbonyl (C=O) groups is 2. The molecule has 0 aliphatic carbocycles. The second-order valence-electron chi connectivity index (χ2n) is 8.64. The number of benzene rings is 2. The molecule has 0 bridgehead atoms. The van der Waals surface area contributed by atoms with E-state index in [1.54, 1.807) is 18.2 Å². The monoisotopic (exact) mass is 451 g/mol. The minimum Gasteiger partial charge on any atom is -0.507 e. The second kappa shape index (κ2) is 9.15. The van der Waals surface area contributed by atoms with Gasteiger partial charge in [-0.25, -0.2) is 0 Å². The maximum atomic E-state index is 13.1. The van der Waals surface area contributed by atoms with Gasteiger partial charge in [-0.05, 0) is 50.0 Å². The lowest BCUT2D eigenvalue weighted by molar-refractivity contribution is -0.140. The highest BCUT2D eigenvalue weighted by Gasteiger charge is 2.46. The summed E-state index contributed by atoms with van der Waals surface area (Å²) in [6.07, 6.45) is 0. The van der Waals surface area contributed by atoms with Crippen molar-refractivity contribution in [3.05, 3.63) is 59.2 Å². The lowest BCUT2D eigenvalue weighted by Crippen LogP contribution is -2.35. The van der Waals surface area contributed by atoms with Crippen molar-refractivity contribution in [3.8, 4) is 11.5 Å². The van der Waals surface area contributed by atoms with Crippen LogP contribution in [0, 0.1) is 0 Å². The molecule has 2 aromatic carbocycles. The maximum absolute atomic E-state index is 13.1. The second-order valence-corrected chi connectivity index (χ2v) is 8.64. The van der Waals surface area contributed by atoms with E-state index in [0.717, 1.165) is 11.3 Å². The first-order valence-electron chi connectivity index (χ1n) is 10.9. The Labute approximate surface area is 193 Å². The van der Waals surface area contributed by atoms with Crippen LogP contribution in [-0.4, -0.2) is 81.1 Å². The number of Topliss-reactive ketones (excluding diaryl/α,β-unsaturated/α-hetero) is 1. The van der Waals surface area contributed by atoms with Crippen molar-refractivity contribution in [2.75, 3.05) is 59.4 Å². The summed E-state index contributed by atoms with van der Waals surface area (Å²) in [4.78, 5) is 31.6. The van der Waals surface area contributed by atoms with Crippen LogP contribution in [0.4, 0.5) is 5.69 Å². The molecule has 4 rings (SSSR count). The van der Waals surface area contributed by atoms with Crippen molar-refractivity contribution in [2.24, 2.45) is 0 Å². The average Bonchev–Trinajstić information content (AvgIpc) is 3.06. The van der Waals surface area contributed by atoms with Crippen LogP contribution in [-0.2, 0) is 9.59 Å². The maximum Gasteiger partial charge on any atom is 0.295 e. The van der Waals surface area contributed by atoms with E-state index in [9.17, 15) is 14.7 Å². The van der Waals surface area contributed by atoms with Crippen molar-refractivity contribution in [1.82, 2.24) is 9.80 Å². The largest absolute Gasteiger partial charge is 0.507 e. The predicted molar refractivity (Wildman–Crippen MR) is 126 cm³/mol. The van der Waals surface area contributed by atoms with Gasteiger partial charge in [-0.3, -0.25) is 9.59 Å². The summed E-state index contributed by atoms with van der Waals surface area (Å²) >= 11 is 0. The molecule has 2 aliphatic heterocycles. The normalized spacial score (nSPS) is 19.3. The summed E-state index contributed by atoms with van der Waals surface area (Å²) in [5.74, 6) is -0.445. The summed E-state index contributed by atoms with van der Waals surface area (Å²) in [6.45, 7) is 1.81. The number of anilines is 1. The molecular formula is C25H29N3O5. The summed E-state index contributed by atoms with van der Waals surface area (Å²) in [6, 6.07) is 12.0. The highest BCUT2D eigenvalue weighted by molar-refractivity contribution is 6.46. The fraction of sp³-hybridized carbons (Fsp3) is 0.360. The van der Waals surface area contributed by atoms with Gasteiger partial charge in [0.25, 0.3) is 11.7 Å². The SMILES string of the molecule is CN(C)CCN1C(=O)C(=O)C(=C(O)c2ccc3c(c2)OCCO3)[C@H]1c1ccc(N(C)C)cc1. The van der Waals surface area contributed by atoms with Gasteiger partial charge in [0.2, 0.25) is 0 Å². The molecule has 174 valence electrons. The van der Waals surface area contributed by atoms with Gasteiger partial charge in [0, 0.05) is 38.4 Å². The van der Waals surface area contributed by atoms with Crippen LogP contribution in [0.5, 0.6) is 11.5 Å². The van der Waals surface area contributed by atoms with Gasteiger partial charge in [0.05, 0.1) is 11.6 Å². The smallest absolute Gasteiger partial charge is 0.295 e. The Kier molecular flexibility index (Phi) is 6.29. The molecule has 8 nitrogen and oxygen atoms in total. The molecule has 1 fully saturated rings. The van der Waals surface area contributed by atoms with E-state index in [-0.39, 0.29) is 11.3 Å². The number of hydrogen-bond donors (Lipinski definition) is 1. The third-order valence-corrected chi connectivity index (χ3v) is 5.87. The number of aliphatic hydroxyl groups excluding tert-OH is 1. The first-order chi connectivity index (χ1) is 15.8. The Bertz CT molecular complexity index is 1090. The van der Waals surface area contributed by atoms with Gasteiger partial charge in [0.1, 0.15) is 19.0 Å². The molecule has 1 amide bonds. The van der Waals surface area contributed by atoms with Crippen LogP contribution >= 0.6 is 0 Å². The van der Waals surface area contributed by atoms with Crippen molar-refractivity contribution >= 4 is 23.1 Å². The highest BCUT2D eigenvalue weighted by Crippen LogP contribution is 2.41. The number of ether oxygens (including phenoxy) is 2. The number of nitrogens with zero attached hydrogens (tertiary/aromatic N) is 3. The minimum absolute atomic E-state index is 0.0769. The average molecular weight is 452 g/mol. The first-order valence-corrected chi connectivity index (χ1v) is 10.9. The van der Waals surface area contributed by atoms with Gasteiger partial charge < -0.3 is 29.3 Å². The number of hydrogen-bond acceptors (Lipinski definition) is 7. The number of aliphatic hydroxyl groups is 1. The molecule has 1 N–H and O–H groups in total. The van der Waals surface area contributed by atoms with Crippen LogP contribution in [0.2, 0.25) is 0 Å². The Morgan fingerprint density at radius 3 is 2.30 bits per heavy atom. The summed E-state index contributed by atoms with van der Waals surface area (Å²) in [5, 5.41) is 11.2. The molecule has 33 heavy (non-hydrogen) atoms. The standard InChI is InChI=1S/C25H29N3O5/c1-26(2)11-12-28-22(16-5-8-18(9-6-16)27(3)4)21(24(30)25(28)31)23(29)17-7-10-19-20(15-17)33-14-13-32-19/h5-10,15,22,29H,11-14H2,1-4H3/t22-/m1/s1. The van der Waals surface area contributed by atoms with E-state index >= 15 is 0 Å². The number of rotatable bonds is 6. The lowest BCUT2D eigenvalue weighted by Gasteiger charge is -2.27. The summed E-state index contributed by atoms with van der Waals surface area (Å²) in [5.41, 5.74) is 2.24. The quantitative estimate of drug-likeness (QED) is 0.411. The molecule has 8 heteroatoms. The molecule has 1 atom stereocenters. The van der Waals surface area contributed by atoms with Gasteiger partial charge in [-0.15, -0.1) is 0 Å². The molecular weight excluding hydrogens is 422 g/mol. The van der Waals surface area contributed by atoms with Crippen LogP contribution in [0.25, 0.3) is 5.76 Å². The van der Waals surface area contributed by atoms with E-state index < -0.39 is 17.7 Å². The molecule has 0 aromatic heterocycles. The van der Waals surface area contributed by atoms with Crippen LogP contribution in [0.15, 0.2) is 48.0 Å². The van der Waals surface area contributed by atoms with Crippen molar-refractivity contribution in [3.63, 3.8) is 0 Å². The number of likely N-dealkylation sites (tertiary alicyclic amines) is 1. The van der Waals surface area contributed by atoms with Crippen molar-refractivity contribution in [1.29, 1.82) is 0 Å². The fourth-order valence-corrected chi connectivity index (χ4v) is 4.07. The zero-order valence-corrected chi connectivity index (χ0v) is 19.4. The number of carbonyl (C=O) groups excluding carboxylic acids is 2. The molecule has 1 saturated heterocycles. The van der Waals surface area contributed by atoms with Crippen molar-refractivity contribution < 1.29 is 24.2 Å².